The number of likely N-dealkylation sites (tertiary alicyclic amines) is 2. The summed E-state index contributed by atoms with van der Waals surface area (Å²) >= 11 is 0. The van der Waals surface area contributed by atoms with Crippen LogP contribution in [0.2, 0.25) is 0 Å². The van der Waals surface area contributed by atoms with Gasteiger partial charge in [0.15, 0.2) is 11.4 Å². The van der Waals surface area contributed by atoms with Crippen LogP contribution < -0.4 is 0 Å². The van der Waals surface area contributed by atoms with Crippen molar-refractivity contribution in [2.45, 2.75) is 63.5 Å². The van der Waals surface area contributed by atoms with Crippen LogP contribution in [0, 0.1) is 12.8 Å². The number of carbonyl (C=O) groups excluding carboxylic acids is 1. The predicted octanol–water partition coefficient (Wildman–Crippen LogP) is 1.45. The average molecular weight is 348 g/mol. The third kappa shape index (κ3) is 3.31. The van der Waals surface area contributed by atoms with Crippen LogP contribution in [0.1, 0.15) is 56.7 Å². The average Bonchev–Trinajstić information content (AvgIpc) is 3.35. The van der Waals surface area contributed by atoms with E-state index in [-0.39, 0.29) is 24.3 Å². The van der Waals surface area contributed by atoms with Crippen molar-refractivity contribution >= 4 is 5.91 Å². The highest BCUT2D eigenvalue weighted by Crippen LogP contribution is 2.34. The lowest BCUT2D eigenvalue weighted by Crippen LogP contribution is -2.40. The first-order chi connectivity index (χ1) is 12.0. The van der Waals surface area contributed by atoms with Crippen molar-refractivity contribution in [3.8, 4) is 0 Å². The summed E-state index contributed by atoms with van der Waals surface area (Å²) in [4.78, 5) is 21.4. The number of carbonyl (C=O) groups is 1. The Morgan fingerprint density at radius 3 is 2.76 bits per heavy atom. The van der Waals surface area contributed by atoms with E-state index in [0.717, 1.165) is 19.5 Å². The molecule has 1 aliphatic carbocycles. The predicted molar refractivity (Wildman–Crippen MR) is 90.7 cm³/mol. The quantitative estimate of drug-likeness (QED) is 0.890. The van der Waals surface area contributed by atoms with E-state index in [1.165, 1.54) is 32.1 Å². The Labute approximate surface area is 148 Å². The summed E-state index contributed by atoms with van der Waals surface area (Å²) in [6.45, 7) is 4.44. The Morgan fingerprint density at radius 2 is 2.04 bits per heavy atom. The van der Waals surface area contributed by atoms with Crippen LogP contribution in [0.15, 0.2) is 4.52 Å². The zero-order valence-electron chi connectivity index (χ0n) is 15.0. The van der Waals surface area contributed by atoms with E-state index in [2.05, 4.69) is 15.0 Å². The van der Waals surface area contributed by atoms with Crippen molar-refractivity contribution in [2.24, 2.45) is 5.92 Å². The molecule has 2 atom stereocenters. The minimum Gasteiger partial charge on any atom is -0.378 e. The molecule has 2 aliphatic heterocycles. The van der Waals surface area contributed by atoms with Gasteiger partial charge in [0.2, 0.25) is 5.91 Å². The lowest BCUT2D eigenvalue weighted by molar-refractivity contribution is -0.135. The Bertz CT molecular complexity index is 628. The molecule has 1 amide bonds. The van der Waals surface area contributed by atoms with E-state index < -0.39 is 5.60 Å². The number of hydrogen-bond donors (Lipinski definition) is 1. The second-order valence-electron chi connectivity index (χ2n) is 7.96. The van der Waals surface area contributed by atoms with Crippen LogP contribution in [0.4, 0.5) is 0 Å². The molecule has 1 aromatic heterocycles. The standard InChI is InChI=1S/C18H28N4O3/c1-13-19-17(25-20-13)18(24)8-10-22(12-18)16(23)14-7-9-21(11-14)15-5-3-2-4-6-15/h14-15,24H,2-12H2,1H3/t14-,18+/m0/s1. The molecule has 0 spiro atoms. The third-order valence-electron chi connectivity index (χ3n) is 6.15. The molecule has 7 nitrogen and oxygen atoms in total. The van der Waals surface area contributed by atoms with Gasteiger partial charge in [-0.15, -0.1) is 0 Å². The first-order valence-electron chi connectivity index (χ1n) is 9.61. The lowest BCUT2D eigenvalue weighted by atomic mass is 9.94. The largest absolute Gasteiger partial charge is 0.378 e. The SMILES string of the molecule is Cc1noc([C@@]2(O)CCN(C(=O)[C@H]3CCN(C4CCCCC4)C3)C2)n1. The van der Waals surface area contributed by atoms with Crippen LogP contribution in [-0.2, 0) is 10.4 Å². The smallest absolute Gasteiger partial charge is 0.260 e. The van der Waals surface area contributed by atoms with Gasteiger partial charge < -0.3 is 14.5 Å². The Morgan fingerprint density at radius 1 is 1.24 bits per heavy atom. The zero-order valence-corrected chi connectivity index (χ0v) is 15.0. The van der Waals surface area contributed by atoms with Gasteiger partial charge in [-0.2, -0.15) is 4.98 Å². The van der Waals surface area contributed by atoms with Gasteiger partial charge in [0.25, 0.3) is 5.89 Å². The summed E-state index contributed by atoms with van der Waals surface area (Å²) in [5.41, 5.74) is -1.20. The van der Waals surface area contributed by atoms with Gasteiger partial charge in [-0.25, -0.2) is 0 Å². The van der Waals surface area contributed by atoms with Gasteiger partial charge in [-0.1, -0.05) is 24.4 Å². The fourth-order valence-corrected chi connectivity index (χ4v) is 4.67. The summed E-state index contributed by atoms with van der Waals surface area (Å²) in [6, 6.07) is 0.670. The summed E-state index contributed by atoms with van der Waals surface area (Å²) < 4.78 is 5.14. The summed E-state index contributed by atoms with van der Waals surface area (Å²) in [5.74, 6) is 0.974. The Balaban J connectivity index is 1.36. The Kier molecular flexibility index (Phi) is 4.54. The van der Waals surface area contributed by atoms with Crippen molar-refractivity contribution in [3.63, 3.8) is 0 Å². The monoisotopic (exact) mass is 348 g/mol. The van der Waals surface area contributed by atoms with Crippen LogP contribution in [0.25, 0.3) is 0 Å². The van der Waals surface area contributed by atoms with Crippen molar-refractivity contribution in [3.05, 3.63) is 11.7 Å². The molecule has 1 aromatic rings. The number of aromatic nitrogens is 2. The van der Waals surface area contributed by atoms with Gasteiger partial charge in [-0.05, 0) is 32.7 Å². The molecule has 0 aromatic carbocycles. The molecule has 2 saturated heterocycles. The van der Waals surface area contributed by atoms with E-state index in [0.29, 0.717) is 24.8 Å². The molecular weight excluding hydrogens is 320 g/mol. The number of β-amino-alcohol motifs (C(OH)–C–C–N with tert-alkyl or cyclic N) is 1. The van der Waals surface area contributed by atoms with Gasteiger partial charge in [0.05, 0.1) is 12.5 Å². The molecule has 138 valence electrons. The van der Waals surface area contributed by atoms with E-state index in [9.17, 15) is 9.90 Å². The Hall–Kier alpha value is -1.47. The molecule has 1 N–H and O–H groups in total. The minimum atomic E-state index is -1.20. The van der Waals surface area contributed by atoms with E-state index in [1.54, 1.807) is 11.8 Å². The van der Waals surface area contributed by atoms with Crippen molar-refractivity contribution < 1.29 is 14.4 Å². The summed E-state index contributed by atoms with van der Waals surface area (Å²) in [7, 11) is 0. The maximum atomic E-state index is 12.9. The number of rotatable bonds is 3. The normalized spacial score (nSPS) is 31.8. The number of amides is 1. The number of nitrogens with zero attached hydrogens (tertiary/aromatic N) is 4. The van der Waals surface area contributed by atoms with E-state index in [1.807, 2.05) is 0 Å². The summed E-state index contributed by atoms with van der Waals surface area (Å²) in [5, 5.41) is 14.6. The van der Waals surface area contributed by atoms with Crippen LogP contribution in [0.5, 0.6) is 0 Å². The molecule has 1 saturated carbocycles. The fraction of sp³-hybridized carbons (Fsp3) is 0.833. The molecule has 0 radical (unpaired) electrons. The van der Waals surface area contributed by atoms with Crippen LogP contribution >= 0.6 is 0 Å². The summed E-state index contributed by atoms with van der Waals surface area (Å²) in [6.07, 6.45) is 7.95. The first kappa shape index (κ1) is 17.0. The van der Waals surface area contributed by atoms with Crippen molar-refractivity contribution in [1.82, 2.24) is 19.9 Å². The second-order valence-corrected chi connectivity index (χ2v) is 7.96. The number of aryl methyl sites for hydroxylation is 1. The third-order valence-corrected chi connectivity index (χ3v) is 6.15. The maximum absolute atomic E-state index is 12.9. The highest BCUT2D eigenvalue weighted by molar-refractivity contribution is 5.79. The van der Waals surface area contributed by atoms with Gasteiger partial charge in [0.1, 0.15) is 0 Å². The molecule has 3 aliphatic rings. The number of hydrogen-bond acceptors (Lipinski definition) is 6. The molecule has 3 heterocycles. The van der Waals surface area contributed by atoms with Crippen LogP contribution in [-0.4, -0.2) is 63.2 Å². The maximum Gasteiger partial charge on any atom is 0.260 e. The number of aliphatic hydroxyl groups is 1. The van der Waals surface area contributed by atoms with Crippen molar-refractivity contribution in [1.29, 1.82) is 0 Å². The van der Waals surface area contributed by atoms with E-state index in [4.69, 9.17) is 4.52 Å². The molecule has 7 heteroatoms. The molecule has 25 heavy (non-hydrogen) atoms. The molecular formula is C18H28N4O3. The molecule has 3 fully saturated rings. The topological polar surface area (TPSA) is 82.7 Å². The van der Waals surface area contributed by atoms with Gasteiger partial charge >= 0.3 is 0 Å². The van der Waals surface area contributed by atoms with Gasteiger partial charge in [0, 0.05) is 25.6 Å². The molecule has 4 rings (SSSR count). The molecule has 0 unspecified atom stereocenters. The zero-order chi connectivity index (χ0) is 17.4. The van der Waals surface area contributed by atoms with E-state index >= 15 is 0 Å². The highest BCUT2D eigenvalue weighted by atomic mass is 16.5. The lowest BCUT2D eigenvalue weighted by Gasteiger charge is -2.31. The second kappa shape index (κ2) is 6.68. The van der Waals surface area contributed by atoms with Gasteiger partial charge in [-0.3, -0.25) is 9.69 Å². The molecule has 0 bridgehead atoms. The minimum absolute atomic E-state index is 0.0636. The highest BCUT2D eigenvalue weighted by Gasteiger charge is 2.46. The first-order valence-corrected chi connectivity index (χ1v) is 9.61. The van der Waals surface area contributed by atoms with Crippen molar-refractivity contribution in [2.75, 3.05) is 26.2 Å². The van der Waals surface area contributed by atoms with Crippen LogP contribution in [0.3, 0.4) is 0 Å². The fourth-order valence-electron chi connectivity index (χ4n) is 4.67.